The van der Waals surface area contributed by atoms with Crippen molar-refractivity contribution in [2.75, 3.05) is 40.4 Å². The van der Waals surface area contributed by atoms with Crippen LogP contribution in [0.25, 0.3) is 0 Å². The lowest BCUT2D eigenvalue weighted by atomic mass is 10.2. The maximum Gasteiger partial charge on any atom is 0.566 e. The highest BCUT2D eigenvalue weighted by Crippen LogP contribution is 2.67. The molecule has 1 fully saturated rings. The van der Waals surface area contributed by atoms with Gasteiger partial charge in [-0.1, -0.05) is 69.3 Å². The molecule has 1 aliphatic rings. The van der Waals surface area contributed by atoms with E-state index in [4.69, 9.17) is 22.5 Å². The molecule has 1 aliphatic heterocycles. The van der Waals surface area contributed by atoms with Crippen LogP contribution < -0.4 is 9.05 Å². The van der Waals surface area contributed by atoms with Crippen LogP contribution >= 0.6 is 15.3 Å². The Bertz CT molecular complexity index is 1080. The molecule has 1 saturated heterocycles. The van der Waals surface area contributed by atoms with E-state index in [2.05, 4.69) is 33.9 Å². The molecule has 2 aromatic rings. The number of hydrogen-bond donors (Lipinski definition) is 0. The average molecular weight is 566 g/mol. The van der Waals surface area contributed by atoms with Gasteiger partial charge >= 0.3 is 7.75 Å². The second-order valence-electron chi connectivity index (χ2n) is 10.5. The molecule has 37 heavy (non-hydrogen) atoms. The molecule has 3 rings (SSSR count). The van der Waals surface area contributed by atoms with Crippen molar-refractivity contribution >= 4 is 23.6 Å². The molecule has 0 radical (unpaired) electrons. The van der Waals surface area contributed by atoms with Crippen molar-refractivity contribution in [3.63, 3.8) is 0 Å². The highest BCUT2D eigenvalue weighted by Gasteiger charge is 2.43. The van der Waals surface area contributed by atoms with Crippen LogP contribution in [0.4, 0.5) is 0 Å². The van der Waals surface area contributed by atoms with E-state index in [1.165, 1.54) is 0 Å². The van der Waals surface area contributed by atoms with E-state index in [9.17, 15) is 4.57 Å². The van der Waals surface area contributed by atoms with Crippen LogP contribution in [-0.4, -0.2) is 58.1 Å². The third-order valence-electron chi connectivity index (χ3n) is 6.65. The van der Waals surface area contributed by atoms with Gasteiger partial charge in [0, 0.05) is 13.1 Å². The monoisotopic (exact) mass is 565 g/mol. The summed E-state index contributed by atoms with van der Waals surface area (Å²) in [6, 6.07) is 17.9. The predicted octanol–water partition coefficient (Wildman–Crippen LogP) is 7.67. The van der Waals surface area contributed by atoms with Crippen molar-refractivity contribution in [3.8, 4) is 11.5 Å². The second-order valence-corrected chi connectivity index (χ2v) is 20.0. The summed E-state index contributed by atoms with van der Waals surface area (Å²) in [5.74, 6) is 0.826. The summed E-state index contributed by atoms with van der Waals surface area (Å²) in [7, 11) is -4.83. The van der Waals surface area contributed by atoms with Crippen LogP contribution in [0.15, 0.2) is 77.3 Å². The van der Waals surface area contributed by atoms with Gasteiger partial charge in [-0.15, -0.1) is 4.52 Å². The minimum Gasteiger partial charge on any atom is -0.413 e. The molecule has 204 valence electrons. The summed E-state index contributed by atoms with van der Waals surface area (Å²) >= 11 is 0. The summed E-state index contributed by atoms with van der Waals surface area (Å²) in [6.07, 6.45) is 3.92. The van der Waals surface area contributed by atoms with Crippen molar-refractivity contribution < 1.29 is 22.6 Å². The Hall–Kier alpha value is -1.70. The fraction of sp³-hybridized carbons (Fsp3) is 0.462. The van der Waals surface area contributed by atoms with Crippen LogP contribution in [0.3, 0.4) is 0 Å². The highest BCUT2D eigenvalue weighted by molar-refractivity contribution is 7.67. The lowest BCUT2D eigenvalue weighted by molar-refractivity contribution is 0.321. The van der Waals surface area contributed by atoms with Gasteiger partial charge < -0.3 is 18.0 Å². The van der Waals surface area contributed by atoms with Gasteiger partial charge in [-0.25, -0.2) is 13.9 Å². The number of para-hydroxylation sites is 2. The van der Waals surface area contributed by atoms with Crippen LogP contribution in [-0.2, 0) is 13.5 Å². The fourth-order valence-electron chi connectivity index (χ4n) is 3.35. The molecule has 0 amide bonds. The normalized spacial score (nSPS) is 17.3. The van der Waals surface area contributed by atoms with Crippen molar-refractivity contribution in [2.45, 2.75) is 38.9 Å². The maximum absolute atomic E-state index is 14.2. The Labute approximate surface area is 223 Å². The smallest absolute Gasteiger partial charge is 0.413 e. The minimum atomic E-state index is -4.03. The maximum atomic E-state index is 14.2. The molecule has 0 N–H and O–H groups in total. The lowest BCUT2D eigenvalue weighted by Crippen LogP contribution is -2.40. The highest BCUT2D eigenvalue weighted by atomic mass is 31.2. The standard InChI is InChI=1S/C26H41N3O5P2Si/c1-26(2,3)37(6,7)32-23-15-14-22-31-35(28(4)20-21-29(35)5)27-36(30,33-24-16-10-8-11-17-24)34-25-18-12-9-13-19-25/h8-19H,20-23H2,1-7H3/b15-14+. The van der Waals surface area contributed by atoms with E-state index >= 15 is 0 Å². The van der Waals surface area contributed by atoms with Gasteiger partial charge in [0.15, 0.2) is 8.32 Å². The zero-order chi connectivity index (χ0) is 27.2. The molecule has 0 spiro atoms. The molecule has 11 heteroatoms. The summed E-state index contributed by atoms with van der Waals surface area (Å²) in [4.78, 5) is 0. The molecule has 8 nitrogen and oxygen atoms in total. The van der Waals surface area contributed by atoms with Crippen LogP contribution in [0.2, 0.25) is 18.1 Å². The molecule has 2 aromatic carbocycles. The summed E-state index contributed by atoms with van der Waals surface area (Å²) in [5.41, 5.74) is 0. The first-order valence-corrected chi connectivity index (χ1v) is 18.4. The van der Waals surface area contributed by atoms with Crippen molar-refractivity contribution in [1.82, 2.24) is 9.34 Å². The van der Waals surface area contributed by atoms with Gasteiger partial charge in [-0.3, -0.25) is 0 Å². The van der Waals surface area contributed by atoms with Crippen molar-refractivity contribution in [3.05, 3.63) is 72.8 Å². The van der Waals surface area contributed by atoms with Gasteiger partial charge in [0.25, 0.3) is 0 Å². The molecule has 0 aliphatic carbocycles. The van der Waals surface area contributed by atoms with Crippen molar-refractivity contribution in [1.29, 1.82) is 0 Å². The quantitative estimate of drug-likeness (QED) is 0.157. The number of nitrogens with zero attached hydrogens (tertiary/aromatic N) is 3. The van der Waals surface area contributed by atoms with Crippen LogP contribution in [0.5, 0.6) is 11.5 Å². The first-order chi connectivity index (χ1) is 17.4. The van der Waals surface area contributed by atoms with Crippen molar-refractivity contribution in [2.24, 2.45) is 4.52 Å². The molecular formula is C26H41N3O5P2Si. The molecule has 0 aromatic heterocycles. The molecule has 0 bridgehead atoms. The Balaban J connectivity index is 1.85. The van der Waals surface area contributed by atoms with Crippen LogP contribution in [0.1, 0.15) is 20.8 Å². The van der Waals surface area contributed by atoms with E-state index in [-0.39, 0.29) is 5.04 Å². The number of benzene rings is 2. The van der Waals surface area contributed by atoms with Gasteiger partial charge in [0.05, 0.1) is 13.2 Å². The minimum absolute atomic E-state index is 0.153. The summed E-state index contributed by atoms with van der Waals surface area (Å²) in [6.45, 7) is 13.4. The predicted molar refractivity (Wildman–Crippen MR) is 155 cm³/mol. The largest absolute Gasteiger partial charge is 0.566 e. The van der Waals surface area contributed by atoms with E-state index in [1.54, 1.807) is 24.3 Å². The Kier molecular flexibility index (Phi) is 10.0. The van der Waals surface area contributed by atoms with E-state index in [1.807, 2.05) is 72.0 Å². The van der Waals surface area contributed by atoms with Gasteiger partial charge in [-0.2, -0.15) is 0 Å². The van der Waals surface area contributed by atoms with E-state index in [0.717, 1.165) is 13.1 Å². The van der Waals surface area contributed by atoms with Gasteiger partial charge in [0.1, 0.15) is 11.5 Å². The molecular weight excluding hydrogens is 524 g/mol. The topological polar surface area (TPSA) is 72.8 Å². The number of hydrogen-bond acceptors (Lipinski definition) is 5. The Morgan fingerprint density at radius 3 is 1.81 bits per heavy atom. The zero-order valence-corrected chi connectivity index (χ0v) is 25.8. The molecule has 0 saturated carbocycles. The molecule has 0 atom stereocenters. The van der Waals surface area contributed by atoms with E-state index in [0.29, 0.717) is 24.7 Å². The Morgan fingerprint density at radius 2 is 1.35 bits per heavy atom. The van der Waals surface area contributed by atoms with E-state index < -0.39 is 23.6 Å². The first-order valence-electron chi connectivity index (χ1n) is 12.5. The SMILES string of the molecule is CN1CCN(C)P1(=NP(=O)(Oc1ccccc1)Oc1ccccc1)OC/C=C/CO[Si](C)(C)C(C)(C)C. The molecule has 1 heterocycles. The third-order valence-corrected chi connectivity index (χ3v) is 16.5. The lowest BCUT2D eigenvalue weighted by Gasteiger charge is -2.35. The van der Waals surface area contributed by atoms with Gasteiger partial charge in [-0.05, 0) is 56.5 Å². The fourth-order valence-corrected chi connectivity index (χ4v) is 9.74. The summed E-state index contributed by atoms with van der Waals surface area (Å²) in [5, 5.41) is 0.153. The zero-order valence-electron chi connectivity index (χ0n) is 23.0. The first kappa shape index (κ1) is 29.8. The molecule has 0 unspecified atom stereocenters. The Morgan fingerprint density at radius 1 is 0.892 bits per heavy atom. The summed E-state index contributed by atoms with van der Waals surface area (Å²) < 4.78 is 47.5. The third kappa shape index (κ3) is 7.90. The average Bonchev–Trinajstić information content (AvgIpc) is 3.09. The number of rotatable bonds is 11. The number of likely N-dealkylation sites (N-methyl/N-ethyl adjacent to an activating group) is 2. The van der Waals surface area contributed by atoms with Gasteiger partial charge in [0.2, 0.25) is 7.58 Å². The van der Waals surface area contributed by atoms with Crippen LogP contribution in [0, 0.1) is 0 Å². The second kappa shape index (κ2) is 12.4.